The zero-order chi connectivity index (χ0) is 19.3. The van der Waals surface area contributed by atoms with Gasteiger partial charge in [-0.25, -0.2) is 0 Å². The lowest BCUT2D eigenvalue weighted by Gasteiger charge is -2.18. The van der Waals surface area contributed by atoms with Crippen LogP contribution in [0.5, 0.6) is 0 Å². The first-order valence-corrected chi connectivity index (χ1v) is 9.50. The van der Waals surface area contributed by atoms with Crippen molar-refractivity contribution in [1.82, 2.24) is 15.3 Å². The van der Waals surface area contributed by atoms with Crippen LogP contribution >= 0.6 is 0 Å². The Labute approximate surface area is 164 Å². The van der Waals surface area contributed by atoms with Crippen LogP contribution in [-0.4, -0.2) is 15.9 Å². The Kier molecular flexibility index (Phi) is 5.20. The smallest absolute Gasteiger partial charge is 0.221 e. The second kappa shape index (κ2) is 8.09. The molecule has 0 aliphatic carbocycles. The molecule has 0 fully saturated rings. The van der Waals surface area contributed by atoms with Crippen LogP contribution in [0.2, 0.25) is 0 Å². The van der Waals surface area contributed by atoms with E-state index in [-0.39, 0.29) is 11.8 Å². The summed E-state index contributed by atoms with van der Waals surface area (Å²) in [5.41, 5.74) is 5.43. The van der Waals surface area contributed by atoms with Crippen molar-refractivity contribution in [1.29, 1.82) is 0 Å². The van der Waals surface area contributed by atoms with Crippen LogP contribution < -0.4 is 5.32 Å². The average Bonchev–Trinajstić information content (AvgIpc) is 3.15. The van der Waals surface area contributed by atoms with Gasteiger partial charge in [-0.05, 0) is 36.2 Å². The summed E-state index contributed by atoms with van der Waals surface area (Å²) in [5, 5.41) is 4.17. The molecule has 4 heteroatoms. The second-order valence-electron chi connectivity index (χ2n) is 7.06. The SMILES string of the molecule is Cc1cccc(C(CC(=O)NCc2ccccn2)c2c[nH]c3ccccc23)c1. The topological polar surface area (TPSA) is 57.8 Å². The van der Waals surface area contributed by atoms with Gasteiger partial charge >= 0.3 is 0 Å². The predicted molar refractivity (Wildman–Crippen MR) is 112 cm³/mol. The van der Waals surface area contributed by atoms with Crippen molar-refractivity contribution in [3.63, 3.8) is 0 Å². The first-order valence-electron chi connectivity index (χ1n) is 9.50. The fraction of sp³-hybridized carbons (Fsp3) is 0.167. The van der Waals surface area contributed by atoms with E-state index in [4.69, 9.17) is 0 Å². The first kappa shape index (κ1) is 18.0. The molecule has 0 saturated carbocycles. The van der Waals surface area contributed by atoms with Crippen LogP contribution in [-0.2, 0) is 11.3 Å². The molecule has 1 amide bonds. The Morgan fingerprint density at radius 2 is 1.93 bits per heavy atom. The van der Waals surface area contributed by atoms with Crippen molar-refractivity contribution in [3.8, 4) is 0 Å². The quantitative estimate of drug-likeness (QED) is 0.517. The van der Waals surface area contributed by atoms with E-state index < -0.39 is 0 Å². The number of rotatable bonds is 6. The molecule has 2 aromatic carbocycles. The monoisotopic (exact) mass is 369 g/mol. The predicted octanol–water partition coefficient (Wildman–Crippen LogP) is 4.71. The molecule has 0 aliphatic heterocycles. The highest BCUT2D eigenvalue weighted by atomic mass is 16.1. The summed E-state index contributed by atoms with van der Waals surface area (Å²) in [7, 11) is 0. The van der Waals surface area contributed by atoms with E-state index in [0.717, 1.165) is 27.7 Å². The zero-order valence-corrected chi connectivity index (χ0v) is 15.9. The van der Waals surface area contributed by atoms with Crippen LogP contribution in [0.25, 0.3) is 10.9 Å². The molecule has 1 unspecified atom stereocenters. The van der Waals surface area contributed by atoms with Gasteiger partial charge in [0.1, 0.15) is 0 Å². The molecule has 0 aliphatic rings. The first-order chi connectivity index (χ1) is 13.7. The number of carbonyl (C=O) groups excluding carboxylic acids is 1. The highest BCUT2D eigenvalue weighted by molar-refractivity contribution is 5.86. The highest BCUT2D eigenvalue weighted by Gasteiger charge is 2.21. The Morgan fingerprint density at radius 3 is 2.75 bits per heavy atom. The maximum Gasteiger partial charge on any atom is 0.221 e. The summed E-state index contributed by atoms with van der Waals surface area (Å²) >= 11 is 0. The summed E-state index contributed by atoms with van der Waals surface area (Å²) in [6, 6.07) is 22.3. The van der Waals surface area contributed by atoms with Gasteiger partial charge < -0.3 is 10.3 Å². The minimum atomic E-state index is -0.0141. The van der Waals surface area contributed by atoms with Crippen molar-refractivity contribution in [2.24, 2.45) is 0 Å². The molecule has 0 radical (unpaired) electrons. The number of hydrogen-bond acceptors (Lipinski definition) is 2. The lowest BCUT2D eigenvalue weighted by molar-refractivity contribution is -0.121. The summed E-state index contributed by atoms with van der Waals surface area (Å²) in [5.74, 6) is 0.00206. The number of carbonyl (C=O) groups is 1. The third-order valence-corrected chi connectivity index (χ3v) is 5.02. The van der Waals surface area contributed by atoms with E-state index in [9.17, 15) is 4.79 Å². The number of benzene rings is 2. The van der Waals surface area contributed by atoms with E-state index in [1.165, 1.54) is 5.56 Å². The van der Waals surface area contributed by atoms with E-state index >= 15 is 0 Å². The number of amides is 1. The van der Waals surface area contributed by atoms with Crippen molar-refractivity contribution in [2.45, 2.75) is 25.8 Å². The van der Waals surface area contributed by atoms with Crippen LogP contribution in [0.3, 0.4) is 0 Å². The van der Waals surface area contributed by atoms with E-state index in [0.29, 0.717) is 13.0 Å². The van der Waals surface area contributed by atoms with Crippen molar-refractivity contribution in [2.75, 3.05) is 0 Å². The van der Waals surface area contributed by atoms with Gasteiger partial charge in [0.2, 0.25) is 5.91 Å². The molecule has 4 rings (SSSR count). The summed E-state index contributed by atoms with van der Waals surface area (Å²) in [6.07, 6.45) is 4.16. The molecule has 4 nitrogen and oxygen atoms in total. The number of aromatic amines is 1. The highest BCUT2D eigenvalue weighted by Crippen LogP contribution is 2.33. The second-order valence-corrected chi connectivity index (χ2v) is 7.06. The molecule has 0 bridgehead atoms. The summed E-state index contributed by atoms with van der Waals surface area (Å²) in [4.78, 5) is 20.4. The van der Waals surface area contributed by atoms with Gasteiger partial charge in [0.15, 0.2) is 0 Å². The maximum absolute atomic E-state index is 12.8. The molecule has 2 heterocycles. The minimum absolute atomic E-state index is 0.0141. The molecule has 0 spiro atoms. The number of H-pyrrole nitrogens is 1. The molecular weight excluding hydrogens is 346 g/mol. The Morgan fingerprint density at radius 1 is 1.07 bits per heavy atom. The minimum Gasteiger partial charge on any atom is -0.361 e. The molecule has 1 atom stereocenters. The lowest BCUT2D eigenvalue weighted by atomic mass is 9.87. The Hall–Kier alpha value is -3.40. The van der Waals surface area contributed by atoms with E-state index in [2.05, 4.69) is 58.6 Å². The molecule has 4 aromatic rings. The largest absolute Gasteiger partial charge is 0.361 e. The average molecular weight is 369 g/mol. The fourth-order valence-electron chi connectivity index (χ4n) is 3.63. The van der Waals surface area contributed by atoms with Crippen molar-refractivity contribution in [3.05, 3.63) is 102 Å². The number of fused-ring (bicyclic) bond motifs is 1. The molecular formula is C24H23N3O. The fourth-order valence-corrected chi connectivity index (χ4v) is 3.63. The zero-order valence-electron chi connectivity index (χ0n) is 15.9. The van der Waals surface area contributed by atoms with Crippen LogP contribution in [0.15, 0.2) is 79.1 Å². The Bertz CT molecular complexity index is 1090. The van der Waals surface area contributed by atoms with Crippen LogP contribution in [0.1, 0.15) is 34.7 Å². The summed E-state index contributed by atoms with van der Waals surface area (Å²) < 4.78 is 0. The molecule has 28 heavy (non-hydrogen) atoms. The van der Waals surface area contributed by atoms with Gasteiger partial charge in [0.05, 0.1) is 12.2 Å². The van der Waals surface area contributed by atoms with Crippen LogP contribution in [0.4, 0.5) is 0 Å². The van der Waals surface area contributed by atoms with Gasteiger partial charge in [-0.3, -0.25) is 9.78 Å². The number of nitrogens with one attached hydrogen (secondary N) is 2. The van der Waals surface area contributed by atoms with Gasteiger partial charge in [-0.1, -0.05) is 54.1 Å². The maximum atomic E-state index is 12.8. The van der Waals surface area contributed by atoms with Gasteiger partial charge in [0, 0.05) is 35.6 Å². The molecule has 2 N–H and O–H groups in total. The molecule has 2 aromatic heterocycles. The number of nitrogens with zero attached hydrogens (tertiary/aromatic N) is 1. The number of aryl methyl sites for hydroxylation is 1. The standard InChI is InChI=1S/C24H23N3O/c1-17-7-6-8-18(13-17)21(22-16-26-23-11-3-2-10-20(22)23)14-24(28)27-15-19-9-4-5-12-25-19/h2-13,16,21,26H,14-15H2,1H3,(H,27,28). The number of aromatic nitrogens is 2. The molecule has 0 saturated heterocycles. The molecule has 140 valence electrons. The van der Waals surface area contributed by atoms with Crippen molar-refractivity contribution >= 4 is 16.8 Å². The van der Waals surface area contributed by atoms with Gasteiger partial charge in [-0.2, -0.15) is 0 Å². The van der Waals surface area contributed by atoms with Gasteiger partial charge in [-0.15, -0.1) is 0 Å². The third kappa shape index (κ3) is 3.96. The number of para-hydroxylation sites is 1. The lowest BCUT2D eigenvalue weighted by Crippen LogP contribution is -2.25. The third-order valence-electron chi connectivity index (χ3n) is 5.02. The Balaban J connectivity index is 1.61. The summed E-state index contributed by atoms with van der Waals surface area (Å²) in [6.45, 7) is 2.52. The number of pyridine rings is 1. The van der Waals surface area contributed by atoms with Crippen molar-refractivity contribution < 1.29 is 4.79 Å². The van der Waals surface area contributed by atoms with E-state index in [1.807, 2.05) is 36.5 Å². The van der Waals surface area contributed by atoms with E-state index in [1.54, 1.807) is 6.20 Å². The number of hydrogen-bond donors (Lipinski definition) is 2. The van der Waals surface area contributed by atoms with Crippen LogP contribution in [0, 0.1) is 6.92 Å². The normalized spacial score (nSPS) is 12.0. The van der Waals surface area contributed by atoms with Gasteiger partial charge in [0.25, 0.3) is 0 Å².